The van der Waals surface area contributed by atoms with E-state index in [1.807, 2.05) is 20.8 Å². The van der Waals surface area contributed by atoms with Crippen LogP contribution < -0.4 is 4.74 Å². The van der Waals surface area contributed by atoms with Crippen molar-refractivity contribution in [2.45, 2.75) is 58.4 Å². The highest BCUT2D eigenvalue weighted by molar-refractivity contribution is 9.10. The molecule has 1 aliphatic heterocycles. The first kappa shape index (κ1) is 21.9. The molecule has 0 spiro atoms. The topological polar surface area (TPSA) is 42.0 Å². The SMILES string of the molecule is CN(C(=O)OC(C)(C)C)C1CCN(Cc2ccc(OC(F)F)c(Br)c2)CC1. The molecular formula is C19H27BrF2N2O3. The Balaban J connectivity index is 1.85. The Kier molecular flexibility index (Phi) is 7.45. The van der Waals surface area contributed by atoms with Gasteiger partial charge in [-0.3, -0.25) is 4.90 Å². The van der Waals surface area contributed by atoms with E-state index in [1.165, 1.54) is 0 Å². The van der Waals surface area contributed by atoms with Gasteiger partial charge < -0.3 is 14.4 Å². The van der Waals surface area contributed by atoms with Gasteiger partial charge >= 0.3 is 12.7 Å². The number of nitrogens with zero attached hydrogens (tertiary/aromatic N) is 2. The van der Waals surface area contributed by atoms with Gasteiger partial charge in [-0.1, -0.05) is 6.07 Å². The highest BCUT2D eigenvalue weighted by Gasteiger charge is 2.28. The predicted octanol–water partition coefficient (Wildman–Crippen LogP) is 4.88. The van der Waals surface area contributed by atoms with Gasteiger partial charge in [0.15, 0.2) is 0 Å². The lowest BCUT2D eigenvalue weighted by Crippen LogP contribution is -2.46. The van der Waals surface area contributed by atoms with Crippen LogP contribution >= 0.6 is 15.9 Å². The Labute approximate surface area is 167 Å². The number of carbonyl (C=O) groups excluding carboxylic acids is 1. The van der Waals surface area contributed by atoms with Crippen molar-refractivity contribution < 1.29 is 23.0 Å². The Bertz CT molecular complexity index is 644. The molecule has 1 amide bonds. The number of piperidine rings is 1. The number of amides is 1. The van der Waals surface area contributed by atoms with Crippen molar-refractivity contribution in [1.82, 2.24) is 9.80 Å². The lowest BCUT2D eigenvalue weighted by Gasteiger charge is -2.37. The zero-order chi connectivity index (χ0) is 20.2. The molecule has 152 valence electrons. The minimum absolute atomic E-state index is 0.131. The van der Waals surface area contributed by atoms with Crippen LogP contribution in [-0.2, 0) is 11.3 Å². The molecular weight excluding hydrogens is 422 g/mol. The molecule has 0 saturated carbocycles. The molecule has 0 atom stereocenters. The van der Waals surface area contributed by atoms with E-state index in [0.717, 1.165) is 38.0 Å². The lowest BCUT2D eigenvalue weighted by atomic mass is 10.0. The van der Waals surface area contributed by atoms with Crippen LogP contribution in [0.5, 0.6) is 5.75 Å². The van der Waals surface area contributed by atoms with E-state index in [4.69, 9.17) is 4.74 Å². The molecule has 2 rings (SSSR count). The van der Waals surface area contributed by atoms with E-state index in [9.17, 15) is 13.6 Å². The van der Waals surface area contributed by atoms with Gasteiger partial charge in [0.25, 0.3) is 0 Å². The van der Waals surface area contributed by atoms with E-state index in [2.05, 4.69) is 25.6 Å². The Morgan fingerprint density at radius 3 is 2.48 bits per heavy atom. The fourth-order valence-corrected chi connectivity index (χ4v) is 3.56. The van der Waals surface area contributed by atoms with Crippen LogP contribution in [0.3, 0.4) is 0 Å². The fourth-order valence-electron chi connectivity index (χ4n) is 3.04. The Morgan fingerprint density at radius 2 is 1.96 bits per heavy atom. The molecule has 1 aliphatic rings. The van der Waals surface area contributed by atoms with Gasteiger partial charge in [0.05, 0.1) is 4.47 Å². The summed E-state index contributed by atoms with van der Waals surface area (Å²) in [6.07, 6.45) is 1.44. The number of rotatable bonds is 5. The zero-order valence-electron chi connectivity index (χ0n) is 16.2. The maximum absolute atomic E-state index is 12.3. The summed E-state index contributed by atoms with van der Waals surface area (Å²) < 4.78 is 35.1. The highest BCUT2D eigenvalue weighted by atomic mass is 79.9. The summed E-state index contributed by atoms with van der Waals surface area (Å²) in [5, 5.41) is 0. The molecule has 1 saturated heterocycles. The number of hydrogen-bond donors (Lipinski definition) is 0. The third-order valence-corrected chi connectivity index (χ3v) is 5.02. The van der Waals surface area contributed by atoms with Gasteiger partial charge in [0.1, 0.15) is 11.4 Å². The van der Waals surface area contributed by atoms with Gasteiger partial charge in [-0.05, 0) is 67.2 Å². The smallest absolute Gasteiger partial charge is 0.410 e. The minimum atomic E-state index is -2.84. The summed E-state index contributed by atoms with van der Waals surface area (Å²) in [6.45, 7) is 5.16. The molecule has 0 unspecified atom stereocenters. The van der Waals surface area contributed by atoms with Crippen LogP contribution in [0.1, 0.15) is 39.2 Å². The average Bonchev–Trinajstić information content (AvgIpc) is 2.55. The van der Waals surface area contributed by atoms with Crippen LogP contribution in [0, 0.1) is 0 Å². The van der Waals surface area contributed by atoms with E-state index in [1.54, 1.807) is 30.1 Å². The third-order valence-electron chi connectivity index (χ3n) is 4.40. The lowest BCUT2D eigenvalue weighted by molar-refractivity contribution is -0.0503. The summed E-state index contributed by atoms with van der Waals surface area (Å²) in [5.41, 5.74) is 0.516. The number of benzene rings is 1. The third kappa shape index (κ3) is 6.92. The van der Waals surface area contributed by atoms with Crippen molar-refractivity contribution >= 4 is 22.0 Å². The standard InChI is InChI=1S/C19H27BrF2N2O3/c1-19(2,3)27-18(25)23(4)14-7-9-24(10-8-14)12-13-5-6-16(15(20)11-13)26-17(21)22/h5-6,11,14,17H,7-10,12H2,1-4H3. The van der Waals surface area contributed by atoms with E-state index >= 15 is 0 Å². The summed E-state index contributed by atoms with van der Waals surface area (Å²) in [5.74, 6) is 0.131. The number of alkyl halides is 2. The first-order valence-corrected chi connectivity index (χ1v) is 9.76. The molecule has 1 aromatic carbocycles. The van der Waals surface area contributed by atoms with Gasteiger partial charge in [-0.15, -0.1) is 0 Å². The summed E-state index contributed by atoms with van der Waals surface area (Å²) in [6, 6.07) is 5.30. The van der Waals surface area contributed by atoms with Gasteiger partial charge in [0.2, 0.25) is 0 Å². The first-order chi connectivity index (χ1) is 12.5. The summed E-state index contributed by atoms with van der Waals surface area (Å²) in [7, 11) is 1.78. The van der Waals surface area contributed by atoms with Gasteiger partial charge in [-0.2, -0.15) is 8.78 Å². The molecule has 0 aromatic heterocycles. The van der Waals surface area contributed by atoms with Crippen LogP contribution in [0.4, 0.5) is 13.6 Å². The number of ether oxygens (including phenoxy) is 2. The average molecular weight is 449 g/mol. The largest absolute Gasteiger partial charge is 0.444 e. The predicted molar refractivity (Wildman–Crippen MR) is 103 cm³/mol. The molecule has 0 radical (unpaired) electrons. The summed E-state index contributed by atoms with van der Waals surface area (Å²) >= 11 is 3.27. The van der Waals surface area contributed by atoms with Crippen molar-refractivity contribution in [3.05, 3.63) is 28.2 Å². The minimum Gasteiger partial charge on any atom is -0.444 e. The monoisotopic (exact) mass is 448 g/mol. The molecule has 27 heavy (non-hydrogen) atoms. The Hall–Kier alpha value is -1.41. The Morgan fingerprint density at radius 1 is 1.33 bits per heavy atom. The second-order valence-corrected chi connectivity index (χ2v) is 8.60. The molecule has 0 bridgehead atoms. The molecule has 1 fully saturated rings. The first-order valence-electron chi connectivity index (χ1n) is 8.96. The molecule has 8 heteroatoms. The maximum Gasteiger partial charge on any atom is 0.410 e. The fraction of sp³-hybridized carbons (Fsp3) is 0.632. The van der Waals surface area contributed by atoms with Gasteiger partial charge in [-0.25, -0.2) is 4.79 Å². The molecule has 1 heterocycles. The highest BCUT2D eigenvalue weighted by Crippen LogP contribution is 2.28. The normalized spacial score (nSPS) is 16.4. The summed E-state index contributed by atoms with van der Waals surface area (Å²) in [4.78, 5) is 16.2. The number of halogens is 3. The van der Waals surface area contributed by atoms with Crippen LogP contribution in [0.2, 0.25) is 0 Å². The van der Waals surface area contributed by atoms with Crippen LogP contribution in [0.25, 0.3) is 0 Å². The van der Waals surface area contributed by atoms with Crippen molar-refractivity contribution in [3.8, 4) is 5.75 Å². The van der Waals surface area contributed by atoms with E-state index < -0.39 is 12.2 Å². The molecule has 0 N–H and O–H groups in total. The number of likely N-dealkylation sites (tertiary alicyclic amines) is 1. The van der Waals surface area contributed by atoms with Crippen molar-refractivity contribution in [3.63, 3.8) is 0 Å². The molecule has 1 aromatic rings. The van der Waals surface area contributed by atoms with Gasteiger partial charge in [0, 0.05) is 32.7 Å². The van der Waals surface area contributed by atoms with Crippen molar-refractivity contribution in [1.29, 1.82) is 0 Å². The molecule has 5 nitrogen and oxygen atoms in total. The second-order valence-electron chi connectivity index (χ2n) is 7.74. The number of carbonyl (C=O) groups is 1. The van der Waals surface area contributed by atoms with Crippen LogP contribution in [-0.4, -0.2) is 54.3 Å². The quantitative estimate of drug-likeness (QED) is 0.643. The van der Waals surface area contributed by atoms with Crippen molar-refractivity contribution in [2.75, 3.05) is 20.1 Å². The maximum atomic E-state index is 12.3. The zero-order valence-corrected chi connectivity index (χ0v) is 17.8. The number of hydrogen-bond acceptors (Lipinski definition) is 4. The molecule has 0 aliphatic carbocycles. The van der Waals surface area contributed by atoms with E-state index in [0.29, 0.717) is 4.47 Å². The van der Waals surface area contributed by atoms with Crippen molar-refractivity contribution in [2.24, 2.45) is 0 Å². The second kappa shape index (κ2) is 9.19. The van der Waals surface area contributed by atoms with E-state index in [-0.39, 0.29) is 17.9 Å². The van der Waals surface area contributed by atoms with Crippen LogP contribution in [0.15, 0.2) is 22.7 Å².